The zero-order chi connectivity index (χ0) is 20.5. The van der Waals surface area contributed by atoms with Gasteiger partial charge in [0.2, 0.25) is 10.0 Å². The fourth-order valence-electron chi connectivity index (χ4n) is 2.20. The highest BCUT2D eigenvalue weighted by atomic mass is 35.5. The Kier molecular flexibility index (Phi) is 5.71. The molecule has 146 valence electrons. The van der Waals surface area contributed by atoms with Gasteiger partial charge in [0.1, 0.15) is 0 Å². The summed E-state index contributed by atoms with van der Waals surface area (Å²) < 4.78 is 30.6. The fourth-order valence-corrected chi connectivity index (χ4v) is 3.59. The van der Waals surface area contributed by atoms with E-state index in [1.54, 1.807) is 12.1 Å². The van der Waals surface area contributed by atoms with Crippen LogP contribution in [0.5, 0.6) is 0 Å². The minimum Gasteiger partial charge on any atom is -0.403 e. The van der Waals surface area contributed by atoms with Crippen LogP contribution in [-0.4, -0.2) is 42.9 Å². The molecular formula is C17H14Cl2N4O4S. The van der Waals surface area contributed by atoms with Crippen molar-refractivity contribution < 1.29 is 17.6 Å². The van der Waals surface area contributed by atoms with Gasteiger partial charge in [-0.3, -0.25) is 10.1 Å². The Hall–Kier alpha value is -2.46. The average Bonchev–Trinajstić information content (AvgIpc) is 3.09. The normalized spacial score (nSPS) is 11.6. The monoisotopic (exact) mass is 440 g/mol. The van der Waals surface area contributed by atoms with Crippen LogP contribution in [0.1, 0.15) is 10.4 Å². The SMILES string of the molecule is CN(C)S(=O)(=O)c1ccc(C(=O)Nc2nnc(-c3ccc(Cl)cc3Cl)o2)cc1. The third kappa shape index (κ3) is 4.17. The van der Waals surface area contributed by atoms with E-state index in [1.165, 1.54) is 44.4 Å². The van der Waals surface area contributed by atoms with Crippen LogP contribution in [0, 0.1) is 0 Å². The Balaban J connectivity index is 1.76. The maximum atomic E-state index is 12.3. The molecule has 0 spiro atoms. The van der Waals surface area contributed by atoms with Crippen LogP contribution >= 0.6 is 23.2 Å². The summed E-state index contributed by atoms with van der Waals surface area (Å²) >= 11 is 12.0. The van der Waals surface area contributed by atoms with Crippen LogP contribution in [0.4, 0.5) is 6.01 Å². The molecular weight excluding hydrogens is 427 g/mol. The van der Waals surface area contributed by atoms with E-state index in [2.05, 4.69) is 15.5 Å². The quantitative estimate of drug-likeness (QED) is 0.649. The van der Waals surface area contributed by atoms with E-state index in [0.29, 0.717) is 15.6 Å². The summed E-state index contributed by atoms with van der Waals surface area (Å²) in [7, 11) is -0.721. The van der Waals surface area contributed by atoms with Gasteiger partial charge in [0, 0.05) is 24.7 Å². The van der Waals surface area contributed by atoms with Gasteiger partial charge in [-0.15, -0.1) is 5.10 Å². The van der Waals surface area contributed by atoms with E-state index < -0.39 is 15.9 Å². The Morgan fingerprint density at radius 3 is 2.36 bits per heavy atom. The number of amides is 1. The number of halogens is 2. The molecule has 2 aromatic carbocycles. The van der Waals surface area contributed by atoms with E-state index in [4.69, 9.17) is 27.6 Å². The lowest BCUT2D eigenvalue weighted by Crippen LogP contribution is -2.22. The molecule has 0 radical (unpaired) electrons. The van der Waals surface area contributed by atoms with Crippen LogP contribution in [-0.2, 0) is 10.0 Å². The maximum Gasteiger partial charge on any atom is 0.322 e. The first-order valence-corrected chi connectivity index (χ1v) is 10.0. The third-order valence-electron chi connectivity index (χ3n) is 3.70. The van der Waals surface area contributed by atoms with Crippen LogP contribution in [0.3, 0.4) is 0 Å². The minimum absolute atomic E-state index is 0.0755. The number of carbonyl (C=O) groups is 1. The number of rotatable bonds is 5. The van der Waals surface area contributed by atoms with Crippen molar-refractivity contribution in [3.63, 3.8) is 0 Å². The number of carbonyl (C=O) groups excluding carboxylic acids is 1. The minimum atomic E-state index is -3.57. The smallest absolute Gasteiger partial charge is 0.322 e. The largest absolute Gasteiger partial charge is 0.403 e. The number of anilines is 1. The molecule has 28 heavy (non-hydrogen) atoms. The lowest BCUT2D eigenvalue weighted by Gasteiger charge is -2.11. The molecule has 1 amide bonds. The molecule has 0 aliphatic rings. The predicted molar refractivity (Wildman–Crippen MR) is 105 cm³/mol. The zero-order valence-corrected chi connectivity index (χ0v) is 17.0. The van der Waals surface area contributed by atoms with Crippen molar-refractivity contribution in [1.82, 2.24) is 14.5 Å². The molecule has 0 atom stereocenters. The van der Waals surface area contributed by atoms with Gasteiger partial charge in [-0.05, 0) is 42.5 Å². The number of hydrogen-bond acceptors (Lipinski definition) is 6. The molecule has 11 heteroatoms. The van der Waals surface area contributed by atoms with Crippen LogP contribution < -0.4 is 5.32 Å². The second-order valence-corrected chi connectivity index (χ2v) is 8.80. The number of nitrogens with one attached hydrogen (secondary N) is 1. The average molecular weight is 441 g/mol. The molecule has 0 aliphatic heterocycles. The molecule has 0 bridgehead atoms. The number of nitrogens with zero attached hydrogens (tertiary/aromatic N) is 3. The van der Waals surface area contributed by atoms with E-state index in [9.17, 15) is 13.2 Å². The topological polar surface area (TPSA) is 105 Å². The van der Waals surface area contributed by atoms with Gasteiger partial charge in [0.25, 0.3) is 11.8 Å². The van der Waals surface area contributed by atoms with Crippen LogP contribution in [0.2, 0.25) is 10.0 Å². The van der Waals surface area contributed by atoms with E-state index in [0.717, 1.165) is 4.31 Å². The van der Waals surface area contributed by atoms with Gasteiger partial charge >= 0.3 is 6.01 Å². The molecule has 1 heterocycles. The van der Waals surface area contributed by atoms with Crippen molar-refractivity contribution in [2.75, 3.05) is 19.4 Å². The lowest BCUT2D eigenvalue weighted by molar-refractivity contribution is 0.102. The van der Waals surface area contributed by atoms with Gasteiger partial charge in [-0.2, -0.15) is 0 Å². The van der Waals surface area contributed by atoms with Crippen molar-refractivity contribution in [2.24, 2.45) is 0 Å². The first-order chi connectivity index (χ1) is 13.2. The summed E-state index contributed by atoms with van der Waals surface area (Å²) in [6.07, 6.45) is 0. The van der Waals surface area contributed by atoms with E-state index in [1.807, 2.05) is 0 Å². The maximum absolute atomic E-state index is 12.3. The Bertz CT molecular complexity index is 1130. The summed E-state index contributed by atoms with van der Waals surface area (Å²) in [5, 5.41) is 10.8. The fraction of sp³-hybridized carbons (Fsp3) is 0.118. The Morgan fingerprint density at radius 2 is 1.75 bits per heavy atom. The lowest BCUT2D eigenvalue weighted by atomic mass is 10.2. The van der Waals surface area contributed by atoms with Gasteiger partial charge in [0.05, 0.1) is 15.5 Å². The third-order valence-corrected chi connectivity index (χ3v) is 6.08. The zero-order valence-electron chi connectivity index (χ0n) is 14.7. The molecule has 3 aromatic rings. The van der Waals surface area contributed by atoms with Gasteiger partial charge in [0.15, 0.2) is 0 Å². The van der Waals surface area contributed by atoms with Crippen molar-refractivity contribution >= 4 is 45.1 Å². The van der Waals surface area contributed by atoms with Gasteiger partial charge in [-0.25, -0.2) is 12.7 Å². The highest BCUT2D eigenvalue weighted by Gasteiger charge is 2.19. The first-order valence-electron chi connectivity index (χ1n) is 7.81. The molecule has 8 nitrogen and oxygen atoms in total. The van der Waals surface area contributed by atoms with Crippen molar-refractivity contribution in [1.29, 1.82) is 0 Å². The Labute approximate surface area is 171 Å². The van der Waals surface area contributed by atoms with Crippen molar-refractivity contribution in [2.45, 2.75) is 4.90 Å². The first kappa shape index (κ1) is 20.3. The van der Waals surface area contributed by atoms with Crippen LogP contribution in [0.15, 0.2) is 51.8 Å². The summed E-state index contributed by atoms with van der Waals surface area (Å²) in [5.74, 6) is -0.421. The molecule has 1 aromatic heterocycles. The summed E-state index contributed by atoms with van der Waals surface area (Å²) in [6, 6.07) is 10.1. The highest BCUT2D eigenvalue weighted by molar-refractivity contribution is 7.89. The highest BCUT2D eigenvalue weighted by Crippen LogP contribution is 2.30. The second-order valence-electron chi connectivity index (χ2n) is 5.80. The predicted octanol–water partition coefficient (Wildman–Crippen LogP) is 3.55. The van der Waals surface area contributed by atoms with Gasteiger partial charge < -0.3 is 4.42 Å². The number of aromatic nitrogens is 2. The molecule has 0 fully saturated rings. The van der Waals surface area contributed by atoms with Crippen molar-refractivity contribution in [3.8, 4) is 11.5 Å². The molecule has 0 saturated carbocycles. The summed E-state index contributed by atoms with van der Waals surface area (Å²) in [5.41, 5.74) is 0.694. The number of benzene rings is 2. The molecule has 0 aliphatic carbocycles. The van der Waals surface area contributed by atoms with Gasteiger partial charge in [-0.1, -0.05) is 28.3 Å². The Morgan fingerprint density at radius 1 is 1.07 bits per heavy atom. The van der Waals surface area contributed by atoms with Crippen molar-refractivity contribution in [3.05, 3.63) is 58.1 Å². The van der Waals surface area contributed by atoms with Crippen LogP contribution in [0.25, 0.3) is 11.5 Å². The summed E-state index contributed by atoms with van der Waals surface area (Å²) in [4.78, 5) is 12.4. The van der Waals surface area contributed by atoms with E-state index in [-0.39, 0.29) is 22.4 Å². The molecule has 1 N–H and O–H groups in total. The molecule has 0 saturated heterocycles. The van der Waals surface area contributed by atoms with E-state index >= 15 is 0 Å². The number of sulfonamides is 1. The summed E-state index contributed by atoms with van der Waals surface area (Å²) in [6.45, 7) is 0. The number of hydrogen-bond donors (Lipinski definition) is 1. The second kappa shape index (κ2) is 7.88. The molecule has 3 rings (SSSR count). The standard InChI is InChI=1S/C17H14Cl2N4O4S/c1-23(2)28(25,26)12-6-3-10(4-7-12)15(24)20-17-22-21-16(27-17)13-8-5-11(18)9-14(13)19/h3-9H,1-2H3,(H,20,22,24). The molecule has 0 unspecified atom stereocenters.